The lowest BCUT2D eigenvalue weighted by Crippen LogP contribution is -2.04. The van der Waals surface area contributed by atoms with Gasteiger partial charge in [0.2, 0.25) is 5.82 Å². The number of hydrogen-bond acceptors (Lipinski definition) is 6. The Morgan fingerprint density at radius 2 is 2.12 bits per heavy atom. The molecule has 0 saturated heterocycles. The van der Waals surface area contributed by atoms with Crippen LogP contribution in [-0.2, 0) is 17.5 Å². The van der Waals surface area contributed by atoms with Crippen LogP contribution in [0.5, 0.6) is 0 Å². The van der Waals surface area contributed by atoms with Crippen LogP contribution in [0.3, 0.4) is 0 Å². The van der Waals surface area contributed by atoms with E-state index in [1.165, 1.54) is 23.5 Å². The third-order valence-electron chi connectivity index (χ3n) is 3.00. The van der Waals surface area contributed by atoms with Gasteiger partial charge in [-0.15, -0.1) is 0 Å². The topological polar surface area (TPSA) is 65.2 Å². The van der Waals surface area contributed by atoms with E-state index in [0.717, 1.165) is 12.1 Å². The molecule has 2 heterocycles. The summed E-state index contributed by atoms with van der Waals surface area (Å²) < 4.78 is 48.0. The van der Waals surface area contributed by atoms with E-state index in [1.54, 1.807) is 16.8 Å². The molecule has 3 rings (SSSR count). The van der Waals surface area contributed by atoms with Crippen LogP contribution in [0.15, 0.2) is 45.6 Å². The number of esters is 1. The minimum atomic E-state index is -4.46. The molecule has 0 fully saturated rings. The minimum absolute atomic E-state index is 0.00834. The van der Waals surface area contributed by atoms with Crippen LogP contribution in [-0.4, -0.2) is 16.1 Å². The summed E-state index contributed by atoms with van der Waals surface area (Å²) in [6.45, 7) is -0.263. The molecule has 24 heavy (non-hydrogen) atoms. The molecule has 0 N–H and O–H groups in total. The predicted molar refractivity (Wildman–Crippen MR) is 78.2 cm³/mol. The van der Waals surface area contributed by atoms with E-state index in [2.05, 4.69) is 10.1 Å². The molecule has 0 atom stereocenters. The van der Waals surface area contributed by atoms with Gasteiger partial charge in [-0.1, -0.05) is 17.3 Å². The summed E-state index contributed by atoms with van der Waals surface area (Å²) in [5, 5.41) is 6.97. The van der Waals surface area contributed by atoms with Gasteiger partial charge in [0.1, 0.15) is 0 Å². The third kappa shape index (κ3) is 3.62. The fourth-order valence-corrected chi connectivity index (χ4v) is 2.48. The van der Waals surface area contributed by atoms with Gasteiger partial charge in [-0.05, 0) is 23.6 Å². The van der Waals surface area contributed by atoms with E-state index in [1.807, 2.05) is 0 Å². The summed E-state index contributed by atoms with van der Waals surface area (Å²) in [5.41, 5.74) is -0.253. The van der Waals surface area contributed by atoms with Gasteiger partial charge in [-0.25, -0.2) is 4.79 Å². The highest BCUT2D eigenvalue weighted by Crippen LogP contribution is 2.31. The van der Waals surface area contributed by atoms with Gasteiger partial charge >= 0.3 is 12.1 Å². The Labute approximate surface area is 137 Å². The van der Waals surface area contributed by atoms with Crippen molar-refractivity contribution < 1.29 is 27.2 Å². The van der Waals surface area contributed by atoms with Crippen molar-refractivity contribution in [3.63, 3.8) is 0 Å². The minimum Gasteiger partial charge on any atom is -0.452 e. The Hall–Kier alpha value is -2.68. The summed E-state index contributed by atoms with van der Waals surface area (Å²) >= 11 is 1.35. The number of rotatable bonds is 4. The van der Waals surface area contributed by atoms with Crippen LogP contribution in [0, 0.1) is 0 Å². The second-order valence-electron chi connectivity index (χ2n) is 4.68. The molecule has 0 radical (unpaired) electrons. The van der Waals surface area contributed by atoms with Crippen LogP contribution in [0.1, 0.15) is 21.8 Å². The Kier molecular flexibility index (Phi) is 4.34. The smallest absolute Gasteiger partial charge is 0.416 e. The Morgan fingerprint density at radius 1 is 1.29 bits per heavy atom. The number of ether oxygens (including phenoxy) is 1. The highest BCUT2D eigenvalue weighted by atomic mass is 32.1. The van der Waals surface area contributed by atoms with Crippen LogP contribution >= 0.6 is 11.3 Å². The van der Waals surface area contributed by atoms with E-state index in [4.69, 9.17) is 9.26 Å². The molecule has 0 aliphatic carbocycles. The molecule has 0 bridgehead atoms. The lowest BCUT2D eigenvalue weighted by Gasteiger charge is -2.06. The fourth-order valence-electron chi connectivity index (χ4n) is 1.86. The number of aromatic nitrogens is 2. The van der Waals surface area contributed by atoms with Crippen LogP contribution in [0.4, 0.5) is 13.2 Å². The van der Waals surface area contributed by atoms with Crippen molar-refractivity contribution in [3.05, 3.63) is 58.1 Å². The summed E-state index contributed by atoms with van der Waals surface area (Å²) in [7, 11) is 0. The molecule has 0 unspecified atom stereocenters. The van der Waals surface area contributed by atoms with Gasteiger partial charge in [0.05, 0.1) is 11.1 Å². The van der Waals surface area contributed by atoms with E-state index >= 15 is 0 Å². The summed E-state index contributed by atoms with van der Waals surface area (Å²) in [5.74, 6) is -0.566. The van der Waals surface area contributed by atoms with Crippen molar-refractivity contribution in [3.8, 4) is 11.4 Å². The first-order chi connectivity index (χ1) is 11.4. The monoisotopic (exact) mass is 354 g/mol. The number of hydrogen-bond donors (Lipinski definition) is 0. The maximum Gasteiger partial charge on any atom is 0.416 e. The van der Waals surface area contributed by atoms with Gasteiger partial charge in [0.25, 0.3) is 5.89 Å². The van der Waals surface area contributed by atoms with E-state index in [-0.39, 0.29) is 23.9 Å². The van der Waals surface area contributed by atoms with Gasteiger partial charge in [0.15, 0.2) is 6.61 Å². The van der Waals surface area contributed by atoms with Crippen molar-refractivity contribution in [1.82, 2.24) is 10.1 Å². The first-order valence-electron chi connectivity index (χ1n) is 6.63. The molecule has 0 aliphatic rings. The van der Waals surface area contributed by atoms with E-state index in [0.29, 0.717) is 5.56 Å². The average Bonchev–Trinajstić information content (AvgIpc) is 3.23. The van der Waals surface area contributed by atoms with Crippen molar-refractivity contribution in [2.24, 2.45) is 0 Å². The fraction of sp³-hybridized carbons (Fsp3) is 0.133. The van der Waals surface area contributed by atoms with Crippen molar-refractivity contribution >= 4 is 17.3 Å². The molecule has 9 heteroatoms. The van der Waals surface area contributed by atoms with Crippen molar-refractivity contribution in [2.45, 2.75) is 12.8 Å². The summed E-state index contributed by atoms with van der Waals surface area (Å²) in [6, 6.07) is 6.17. The zero-order valence-corrected chi connectivity index (χ0v) is 12.7. The standard InChI is InChI=1S/C15H9F3N2O3S/c16-15(17,18)11-3-1-2-9(6-11)13-19-12(23-20-13)7-22-14(21)10-4-5-24-8-10/h1-6,8H,7H2. The number of nitrogens with zero attached hydrogens (tertiary/aromatic N) is 2. The molecular formula is C15H9F3N2O3S. The zero-order valence-electron chi connectivity index (χ0n) is 11.9. The average molecular weight is 354 g/mol. The maximum atomic E-state index is 12.7. The van der Waals surface area contributed by atoms with Crippen LogP contribution in [0.2, 0.25) is 0 Å². The molecule has 0 spiro atoms. The highest BCUT2D eigenvalue weighted by molar-refractivity contribution is 7.08. The summed E-state index contributed by atoms with van der Waals surface area (Å²) in [6.07, 6.45) is -4.46. The second kappa shape index (κ2) is 6.44. The first kappa shape index (κ1) is 16.2. The molecular weight excluding hydrogens is 345 g/mol. The molecule has 2 aromatic heterocycles. The van der Waals surface area contributed by atoms with E-state index < -0.39 is 17.7 Å². The van der Waals surface area contributed by atoms with Crippen molar-refractivity contribution in [1.29, 1.82) is 0 Å². The molecule has 0 aliphatic heterocycles. The first-order valence-corrected chi connectivity index (χ1v) is 7.57. The predicted octanol–water partition coefficient (Wildman–Crippen LogP) is 4.17. The van der Waals surface area contributed by atoms with Gasteiger partial charge in [0, 0.05) is 10.9 Å². The van der Waals surface area contributed by atoms with E-state index in [9.17, 15) is 18.0 Å². The normalized spacial score (nSPS) is 11.5. The number of carbonyl (C=O) groups excluding carboxylic acids is 1. The number of benzene rings is 1. The SMILES string of the molecule is O=C(OCc1nc(-c2cccc(C(F)(F)F)c2)no1)c1ccsc1. The third-order valence-corrected chi connectivity index (χ3v) is 3.68. The molecule has 0 saturated carbocycles. The molecule has 1 aromatic carbocycles. The zero-order chi connectivity index (χ0) is 17.2. The number of alkyl halides is 3. The van der Waals surface area contributed by atoms with Gasteiger partial charge in [-0.2, -0.15) is 29.5 Å². The Morgan fingerprint density at radius 3 is 2.83 bits per heavy atom. The quantitative estimate of drug-likeness (QED) is 0.658. The van der Waals surface area contributed by atoms with Crippen LogP contribution < -0.4 is 0 Å². The molecule has 5 nitrogen and oxygen atoms in total. The highest BCUT2D eigenvalue weighted by Gasteiger charge is 2.30. The molecule has 0 amide bonds. The second-order valence-corrected chi connectivity index (χ2v) is 5.46. The van der Waals surface area contributed by atoms with Gasteiger partial charge in [-0.3, -0.25) is 0 Å². The number of halogens is 3. The lowest BCUT2D eigenvalue weighted by molar-refractivity contribution is -0.137. The number of thiophene rings is 1. The summed E-state index contributed by atoms with van der Waals surface area (Å²) in [4.78, 5) is 15.6. The lowest BCUT2D eigenvalue weighted by atomic mass is 10.1. The van der Waals surface area contributed by atoms with Crippen LogP contribution in [0.25, 0.3) is 11.4 Å². The van der Waals surface area contributed by atoms with Gasteiger partial charge < -0.3 is 9.26 Å². The molecule has 124 valence electrons. The molecule has 3 aromatic rings. The Balaban J connectivity index is 1.71. The largest absolute Gasteiger partial charge is 0.452 e. The Bertz CT molecular complexity index is 844. The number of carbonyl (C=O) groups is 1. The van der Waals surface area contributed by atoms with Crippen molar-refractivity contribution in [2.75, 3.05) is 0 Å². The maximum absolute atomic E-state index is 12.7.